The van der Waals surface area contributed by atoms with E-state index in [0.717, 1.165) is 18.1 Å². The lowest BCUT2D eigenvalue weighted by Gasteiger charge is -2.10. The zero-order valence-electron chi connectivity index (χ0n) is 12.1. The van der Waals surface area contributed by atoms with Gasteiger partial charge in [-0.05, 0) is 31.5 Å². The molecular weight excluding hydrogens is 254 g/mol. The molecule has 1 aromatic rings. The van der Waals surface area contributed by atoms with Crippen LogP contribution in [0.5, 0.6) is 11.5 Å². The molecule has 0 heterocycles. The predicted octanol–water partition coefficient (Wildman–Crippen LogP) is 2.03. The van der Waals surface area contributed by atoms with Gasteiger partial charge in [0.2, 0.25) is 0 Å². The average Bonchev–Trinajstić information content (AvgIpc) is 2.45. The van der Waals surface area contributed by atoms with E-state index in [-0.39, 0.29) is 5.75 Å². The zero-order chi connectivity index (χ0) is 14.8. The molecule has 0 saturated carbocycles. The van der Waals surface area contributed by atoms with Gasteiger partial charge in [-0.3, -0.25) is 0 Å². The molecular formula is C15H23N3O2. The van der Waals surface area contributed by atoms with Gasteiger partial charge in [0.15, 0.2) is 17.5 Å². The average molecular weight is 277 g/mol. The second-order valence-electron chi connectivity index (χ2n) is 4.10. The van der Waals surface area contributed by atoms with Crippen LogP contribution in [0.2, 0.25) is 0 Å². The van der Waals surface area contributed by atoms with Crippen molar-refractivity contribution in [1.29, 1.82) is 0 Å². The quantitative estimate of drug-likeness (QED) is 0.405. The lowest BCUT2D eigenvalue weighted by atomic mass is 10.2. The van der Waals surface area contributed by atoms with Crippen LogP contribution >= 0.6 is 0 Å². The Hall–Kier alpha value is -2.17. The molecule has 0 aliphatic carbocycles. The molecule has 0 spiro atoms. The molecule has 0 aliphatic heterocycles. The van der Waals surface area contributed by atoms with E-state index in [0.29, 0.717) is 25.4 Å². The maximum Gasteiger partial charge on any atom is 0.191 e. The summed E-state index contributed by atoms with van der Waals surface area (Å²) in [6.45, 7) is 10.0. The third kappa shape index (κ3) is 5.22. The van der Waals surface area contributed by atoms with Crippen molar-refractivity contribution in [2.45, 2.75) is 20.4 Å². The van der Waals surface area contributed by atoms with E-state index in [4.69, 9.17) is 4.74 Å². The summed E-state index contributed by atoms with van der Waals surface area (Å²) in [5, 5.41) is 15.9. The Kier molecular flexibility index (Phi) is 7.03. The monoisotopic (exact) mass is 277 g/mol. The summed E-state index contributed by atoms with van der Waals surface area (Å²) in [5.41, 5.74) is 0.974. The summed E-state index contributed by atoms with van der Waals surface area (Å²) < 4.78 is 5.35. The summed E-state index contributed by atoms with van der Waals surface area (Å²) in [5.74, 6) is 1.37. The van der Waals surface area contributed by atoms with E-state index in [9.17, 15) is 5.11 Å². The molecule has 0 aromatic heterocycles. The summed E-state index contributed by atoms with van der Waals surface area (Å²) in [6, 6.07) is 5.26. The lowest BCUT2D eigenvalue weighted by molar-refractivity contribution is 0.318. The number of aliphatic imine (C=N–C) groups is 1. The maximum absolute atomic E-state index is 9.65. The molecule has 0 radical (unpaired) electrons. The third-order valence-electron chi connectivity index (χ3n) is 2.50. The summed E-state index contributed by atoms with van der Waals surface area (Å²) in [4.78, 5) is 4.46. The number of hydrogen-bond acceptors (Lipinski definition) is 3. The molecule has 110 valence electrons. The molecule has 1 rings (SSSR count). The molecule has 0 atom stereocenters. The molecule has 0 unspecified atom stereocenters. The van der Waals surface area contributed by atoms with Gasteiger partial charge in [-0.15, -0.1) is 6.58 Å². The van der Waals surface area contributed by atoms with Crippen LogP contribution in [0.4, 0.5) is 0 Å². The normalized spacial score (nSPS) is 11.0. The summed E-state index contributed by atoms with van der Waals surface area (Å²) in [7, 11) is 0. The minimum Gasteiger partial charge on any atom is -0.504 e. The van der Waals surface area contributed by atoms with Gasteiger partial charge >= 0.3 is 0 Å². The Morgan fingerprint density at radius 1 is 1.40 bits per heavy atom. The molecule has 5 nitrogen and oxygen atoms in total. The van der Waals surface area contributed by atoms with Crippen molar-refractivity contribution >= 4 is 5.96 Å². The molecule has 0 amide bonds. The topological polar surface area (TPSA) is 65.9 Å². The van der Waals surface area contributed by atoms with E-state index >= 15 is 0 Å². The fourth-order valence-corrected chi connectivity index (χ4v) is 1.61. The van der Waals surface area contributed by atoms with Crippen LogP contribution in [0, 0.1) is 0 Å². The Balaban J connectivity index is 2.74. The minimum atomic E-state index is 0.149. The Labute approximate surface area is 120 Å². The highest BCUT2D eigenvalue weighted by Gasteiger charge is 2.03. The molecule has 20 heavy (non-hydrogen) atoms. The first kappa shape index (κ1) is 15.9. The van der Waals surface area contributed by atoms with Gasteiger partial charge in [0.25, 0.3) is 0 Å². The maximum atomic E-state index is 9.65. The second-order valence-corrected chi connectivity index (χ2v) is 4.10. The molecule has 5 heteroatoms. The van der Waals surface area contributed by atoms with Crippen molar-refractivity contribution in [1.82, 2.24) is 10.6 Å². The lowest BCUT2D eigenvalue weighted by Crippen LogP contribution is -2.37. The largest absolute Gasteiger partial charge is 0.504 e. The number of rotatable bonds is 7. The Morgan fingerprint density at radius 3 is 2.85 bits per heavy atom. The Morgan fingerprint density at radius 2 is 2.20 bits per heavy atom. The summed E-state index contributed by atoms with van der Waals surface area (Å²) >= 11 is 0. The van der Waals surface area contributed by atoms with Gasteiger partial charge in [0.1, 0.15) is 0 Å². The highest BCUT2D eigenvalue weighted by atomic mass is 16.5. The van der Waals surface area contributed by atoms with Crippen molar-refractivity contribution in [3.63, 3.8) is 0 Å². The first-order valence-electron chi connectivity index (χ1n) is 6.79. The van der Waals surface area contributed by atoms with Crippen LogP contribution in [0.15, 0.2) is 35.8 Å². The van der Waals surface area contributed by atoms with Crippen molar-refractivity contribution in [2.24, 2.45) is 4.99 Å². The van der Waals surface area contributed by atoms with E-state index in [1.54, 1.807) is 18.2 Å². The molecule has 3 N–H and O–H groups in total. The van der Waals surface area contributed by atoms with Gasteiger partial charge in [-0.2, -0.15) is 0 Å². The number of benzene rings is 1. The molecule has 0 saturated heterocycles. The van der Waals surface area contributed by atoms with Crippen LogP contribution in [0.1, 0.15) is 19.4 Å². The smallest absolute Gasteiger partial charge is 0.191 e. The van der Waals surface area contributed by atoms with Crippen LogP contribution < -0.4 is 15.4 Å². The van der Waals surface area contributed by atoms with Crippen molar-refractivity contribution < 1.29 is 9.84 Å². The van der Waals surface area contributed by atoms with Gasteiger partial charge in [-0.1, -0.05) is 12.1 Å². The van der Waals surface area contributed by atoms with E-state index < -0.39 is 0 Å². The summed E-state index contributed by atoms with van der Waals surface area (Å²) in [6.07, 6.45) is 1.78. The highest BCUT2D eigenvalue weighted by Crippen LogP contribution is 2.26. The number of nitrogens with zero attached hydrogens (tertiary/aromatic N) is 1. The van der Waals surface area contributed by atoms with Crippen molar-refractivity contribution in [3.8, 4) is 11.5 Å². The van der Waals surface area contributed by atoms with Crippen LogP contribution in [0.3, 0.4) is 0 Å². The standard InChI is InChI=1S/C15H23N3O2/c1-4-9-17-15(16-5-2)18-11-12-7-8-13(19)14(10-12)20-6-3/h4,7-8,10,19H,1,5-6,9,11H2,2-3H3,(H2,16,17,18). The zero-order valence-corrected chi connectivity index (χ0v) is 12.1. The van der Waals surface area contributed by atoms with Gasteiger partial charge in [0.05, 0.1) is 13.2 Å². The number of ether oxygens (including phenoxy) is 1. The molecule has 0 aliphatic rings. The van der Waals surface area contributed by atoms with E-state index in [2.05, 4.69) is 22.2 Å². The van der Waals surface area contributed by atoms with Gasteiger partial charge in [-0.25, -0.2) is 4.99 Å². The van der Waals surface area contributed by atoms with Crippen molar-refractivity contribution in [2.75, 3.05) is 19.7 Å². The van der Waals surface area contributed by atoms with Crippen LogP contribution in [-0.4, -0.2) is 30.8 Å². The number of phenolic OH excluding ortho intramolecular Hbond substituents is 1. The first-order valence-corrected chi connectivity index (χ1v) is 6.79. The van der Waals surface area contributed by atoms with Gasteiger partial charge < -0.3 is 20.5 Å². The first-order chi connectivity index (χ1) is 9.71. The third-order valence-corrected chi connectivity index (χ3v) is 2.50. The van der Waals surface area contributed by atoms with Crippen molar-refractivity contribution in [3.05, 3.63) is 36.4 Å². The fourth-order valence-electron chi connectivity index (χ4n) is 1.61. The molecule has 0 bridgehead atoms. The number of phenols is 1. The van der Waals surface area contributed by atoms with E-state index in [1.165, 1.54) is 0 Å². The minimum absolute atomic E-state index is 0.149. The second kappa shape index (κ2) is 8.85. The number of aromatic hydroxyl groups is 1. The Bertz CT molecular complexity index is 458. The fraction of sp³-hybridized carbons (Fsp3) is 0.400. The van der Waals surface area contributed by atoms with Gasteiger partial charge in [0, 0.05) is 13.1 Å². The predicted molar refractivity (Wildman–Crippen MR) is 82.3 cm³/mol. The SMILES string of the molecule is C=CCNC(=NCc1ccc(O)c(OCC)c1)NCC. The molecule has 0 fully saturated rings. The highest BCUT2D eigenvalue weighted by molar-refractivity contribution is 5.79. The number of guanidine groups is 1. The number of hydrogen-bond donors (Lipinski definition) is 3. The van der Waals surface area contributed by atoms with Crippen LogP contribution in [-0.2, 0) is 6.54 Å². The van der Waals surface area contributed by atoms with E-state index in [1.807, 2.05) is 19.9 Å². The van der Waals surface area contributed by atoms with Crippen LogP contribution in [0.25, 0.3) is 0 Å². The number of nitrogens with one attached hydrogen (secondary N) is 2. The molecule has 1 aromatic carbocycles.